The average Bonchev–Trinajstić information content (AvgIpc) is 2.62. The van der Waals surface area contributed by atoms with E-state index in [2.05, 4.69) is 46.4 Å². The lowest BCUT2D eigenvalue weighted by molar-refractivity contribution is -0.0581. The van der Waals surface area contributed by atoms with Crippen LogP contribution in [0, 0.1) is 0 Å². The second-order valence-corrected chi connectivity index (χ2v) is 7.57. The number of alkyl halides is 1. The van der Waals surface area contributed by atoms with Crippen LogP contribution in [0.5, 0.6) is 0 Å². The molecule has 24 heavy (non-hydrogen) atoms. The normalized spacial score (nSPS) is 25.7. The van der Waals surface area contributed by atoms with Gasteiger partial charge in [0.05, 0.1) is 19.3 Å². The van der Waals surface area contributed by atoms with Crippen LogP contribution in [0.3, 0.4) is 0 Å². The SMILES string of the molecule is CC(C)=C1OC2CCOCC2N(CC(C)F)C(=C(C)C)C1=C(C)C. The summed E-state index contributed by atoms with van der Waals surface area (Å²) in [6, 6.07) is 0.0491. The molecule has 0 aliphatic carbocycles. The lowest BCUT2D eigenvalue weighted by Crippen LogP contribution is -2.50. The molecule has 0 bridgehead atoms. The van der Waals surface area contributed by atoms with Gasteiger partial charge in [-0.3, -0.25) is 0 Å². The quantitative estimate of drug-likeness (QED) is 0.725. The Morgan fingerprint density at radius 2 is 1.79 bits per heavy atom. The highest BCUT2D eigenvalue weighted by Crippen LogP contribution is 2.39. The van der Waals surface area contributed by atoms with Gasteiger partial charge < -0.3 is 14.4 Å². The zero-order valence-corrected chi connectivity index (χ0v) is 16.2. The predicted octanol–water partition coefficient (Wildman–Crippen LogP) is 4.76. The highest BCUT2D eigenvalue weighted by Gasteiger charge is 2.40. The summed E-state index contributed by atoms with van der Waals surface area (Å²) in [7, 11) is 0. The molecule has 2 rings (SSSR count). The second-order valence-electron chi connectivity index (χ2n) is 7.57. The van der Waals surface area contributed by atoms with E-state index in [-0.39, 0.29) is 12.1 Å². The Morgan fingerprint density at radius 3 is 2.29 bits per heavy atom. The van der Waals surface area contributed by atoms with E-state index in [0.717, 1.165) is 29.0 Å². The van der Waals surface area contributed by atoms with Gasteiger partial charge in [0.15, 0.2) is 0 Å². The summed E-state index contributed by atoms with van der Waals surface area (Å²) < 4.78 is 26.2. The van der Waals surface area contributed by atoms with Gasteiger partial charge in [0.25, 0.3) is 0 Å². The van der Waals surface area contributed by atoms with Crippen LogP contribution in [-0.4, -0.2) is 43.0 Å². The van der Waals surface area contributed by atoms with Gasteiger partial charge in [-0.05, 0) is 54.0 Å². The third kappa shape index (κ3) is 3.85. The molecule has 2 saturated heterocycles. The van der Waals surface area contributed by atoms with Gasteiger partial charge in [-0.1, -0.05) is 11.1 Å². The molecule has 4 heteroatoms. The smallest absolute Gasteiger partial charge is 0.127 e. The Morgan fingerprint density at radius 1 is 1.12 bits per heavy atom. The Bertz CT molecular complexity index is 562. The van der Waals surface area contributed by atoms with Crippen molar-refractivity contribution in [2.45, 2.75) is 73.2 Å². The van der Waals surface area contributed by atoms with Crippen LogP contribution in [0.1, 0.15) is 54.9 Å². The number of hydrogen-bond donors (Lipinski definition) is 0. The fraction of sp³-hybridized carbons (Fsp3) is 0.700. The number of nitrogens with zero attached hydrogens (tertiary/aromatic N) is 1. The van der Waals surface area contributed by atoms with Crippen LogP contribution in [0.4, 0.5) is 4.39 Å². The Hall–Kier alpha value is -1.29. The summed E-state index contributed by atoms with van der Waals surface area (Å²) in [5, 5.41) is 0. The fourth-order valence-electron chi connectivity index (χ4n) is 3.63. The number of fused-ring (bicyclic) bond motifs is 1. The zero-order chi connectivity index (χ0) is 18.0. The maximum atomic E-state index is 14.0. The van der Waals surface area contributed by atoms with Crippen LogP contribution in [-0.2, 0) is 9.47 Å². The molecule has 0 aromatic carbocycles. The minimum atomic E-state index is -0.909. The molecule has 136 valence electrons. The van der Waals surface area contributed by atoms with Crippen molar-refractivity contribution in [2.24, 2.45) is 0 Å². The molecule has 0 aromatic heterocycles. The number of halogens is 1. The standard InChI is InChI=1S/C20H32FNO2/c1-12(2)18-19(13(3)4)22(10-15(7)21)16-11-23-9-8-17(16)24-20(18)14(5)6/h15-17H,8-11H2,1-7H3. The summed E-state index contributed by atoms with van der Waals surface area (Å²) in [6.45, 7) is 15.8. The average molecular weight is 337 g/mol. The van der Waals surface area contributed by atoms with Crippen LogP contribution >= 0.6 is 0 Å². The Balaban J connectivity index is 2.69. The highest BCUT2D eigenvalue weighted by molar-refractivity contribution is 5.50. The minimum absolute atomic E-state index is 0.0357. The largest absolute Gasteiger partial charge is 0.487 e. The monoisotopic (exact) mass is 337 g/mol. The van der Waals surface area contributed by atoms with Crippen molar-refractivity contribution in [3.8, 4) is 0 Å². The number of ether oxygens (including phenoxy) is 2. The van der Waals surface area contributed by atoms with Gasteiger partial charge in [0.2, 0.25) is 0 Å². The highest BCUT2D eigenvalue weighted by atomic mass is 19.1. The summed E-state index contributed by atoms with van der Waals surface area (Å²) in [6.07, 6.45) is -0.0350. The van der Waals surface area contributed by atoms with Crippen LogP contribution in [0.25, 0.3) is 0 Å². The van der Waals surface area contributed by atoms with Gasteiger partial charge in [0, 0.05) is 24.2 Å². The third-order valence-electron chi connectivity index (χ3n) is 4.56. The van der Waals surface area contributed by atoms with Crippen molar-refractivity contribution < 1.29 is 13.9 Å². The van der Waals surface area contributed by atoms with Gasteiger partial charge in [-0.25, -0.2) is 4.39 Å². The molecule has 2 aliphatic heterocycles. The lowest BCUT2D eigenvalue weighted by Gasteiger charge is -2.40. The van der Waals surface area contributed by atoms with E-state index in [9.17, 15) is 4.39 Å². The van der Waals surface area contributed by atoms with E-state index in [4.69, 9.17) is 9.47 Å². The first-order chi connectivity index (χ1) is 11.2. The molecule has 0 amide bonds. The van der Waals surface area contributed by atoms with E-state index < -0.39 is 6.17 Å². The molecular weight excluding hydrogens is 305 g/mol. The van der Waals surface area contributed by atoms with E-state index in [0.29, 0.717) is 19.8 Å². The third-order valence-corrected chi connectivity index (χ3v) is 4.56. The summed E-state index contributed by atoms with van der Waals surface area (Å²) in [5.74, 6) is 0.956. The maximum absolute atomic E-state index is 14.0. The van der Waals surface area contributed by atoms with Crippen molar-refractivity contribution in [3.05, 3.63) is 33.7 Å². The molecule has 3 nitrogen and oxygen atoms in total. The minimum Gasteiger partial charge on any atom is -0.487 e. The summed E-state index contributed by atoms with van der Waals surface area (Å²) in [4.78, 5) is 2.20. The number of allylic oxidation sites excluding steroid dienone is 3. The lowest BCUT2D eigenvalue weighted by atomic mass is 9.97. The number of rotatable bonds is 2. The molecule has 3 atom stereocenters. The summed E-state index contributed by atoms with van der Waals surface area (Å²) >= 11 is 0. The van der Waals surface area contributed by atoms with Crippen molar-refractivity contribution in [1.82, 2.24) is 4.90 Å². The molecule has 0 spiro atoms. The van der Waals surface area contributed by atoms with E-state index in [1.165, 1.54) is 11.1 Å². The first-order valence-corrected chi connectivity index (χ1v) is 8.92. The molecule has 2 aliphatic rings. The van der Waals surface area contributed by atoms with Crippen LogP contribution < -0.4 is 0 Å². The van der Waals surface area contributed by atoms with Crippen molar-refractivity contribution in [3.63, 3.8) is 0 Å². The topological polar surface area (TPSA) is 21.7 Å². The van der Waals surface area contributed by atoms with Gasteiger partial charge >= 0.3 is 0 Å². The van der Waals surface area contributed by atoms with Crippen molar-refractivity contribution in [1.29, 1.82) is 0 Å². The molecule has 0 saturated carbocycles. The maximum Gasteiger partial charge on any atom is 0.127 e. The molecular formula is C20H32FNO2. The van der Waals surface area contributed by atoms with E-state index in [1.807, 2.05) is 0 Å². The first kappa shape index (κ1) is 19.0. The van der Waals surface area contributed by atoms with Crippen molar-refractivity contribution in [2.75, 3.05) is 19.8 Å². The van der Waals surface area contributed by atoms with Crippen LogP contribution in [0.2, 0.25) is 0 Å². The number of hydrogen-bond acceptors (Lipinski definition) is 3. The molecule has 3 unspecified atom stereocenters. The van der Waals surface area contributed by atoms with E-state index in [1.54, 1.807) is 6.92 Å². The van der Waals surface area contributed by atoms with Gasteiger partial charge in [-0.2, -0.15) is 0 Å². The zero-order valence-electron chi connectivity index (χ0n) is 16.2. The Labute approximate surface area is 146 Å². The molecule has 0 aromatic rings. The predicted molar refractivity (Wildman–Crippen MR) is 96.5 cm³/mol. The van der Waals surface area contributed by atoms with Crippen LogP contribution in [0.15, 0.2) is 33.7 Å². The molecule has 2 heterocycles. The van der Waals surface area contributed by atoms with Crippen molar-refractivity contribution >= 4 is 0 Å². The van der Waals surface area contributed by atoms with Gasteiger partial charge in [0.1, 0.15) is 18.0 Å². The van der Waals surface area contributed by atoms with E-state index >= 15 is 0 Å². The fourth-order valence-corrected chi connectivity index (χ4v) is 3.63. The van der Waals surface area contributed by atoms with Gasteiger partial charge in [-0.15, -0.1) is 0 Å². The summed E-state index contributed by atoms with van der Waals surface area (Å²) in [5.41, 5.74) is 5.75. The molecule has 0 N–H and O–H groups in total. The molecule has 0 radical (unpaired) electrons. The Kier molecular flexibility index (Phi) is 6.13. The second kappa shape index (κ2) is 7.73. The first-order valence-electron chi connectivity index (χ1n) is 8.92. The molecule has 2 fully saturated rings.